The lowest BCUT2D eigenvalue weighted by molar-refractivity contribution is 0.122. The largest absolute Gasteiger partial charge is 0.508 e. The fourth-order valence-electron chi connectivity index (χ4n) is 4.28. The monoisotopic (exact) mass is 535 g/mol. The minimum atomic E-state index is -0.488. The zero-order valence-corrected chi connectivity index (χ0v) is 21.5. The molecule has 1 saturated heterocycles. The van der Waals surface area contributed by atoms with E-state index in [2.05, 4.69) is 30.8 Å². The van der Waals surface area contributed by atoms with E-state index in [4.69, 9.17) is 16.3 Å². The molecule has 0 radical (unpaired) electrons. The molecule has 3 aromatic rings. The fourth-order valence-corrected chi connectivity index (χ4v) is 4.52. The van der Waals surface area contributed by atoms with E-state index in [1.54, 1.807) is 12.3 Å². The number of nitrogens with zero attached hydrogens (tertiary/aromatic N) is 5. The number of aliphatic hydroxyl groups is 1. The van der Waals surface area contributed by atoms with Crippen molar-refractivity contribution in [3.8, 4) is 0 Å². The van der Waals surface area contributed by atoms with Crippen molar-refractivity contribution in [3.63, 3.8) is 0 Å². The van der Waals surface area contributed by atoms with Crippen molar-refractivity contribution in [2.24, 2.45) is 5.10 Å². The molecule has 0 unspecified atom stereocenters. The van der Waals surface area contributed by atoms with Gasteiger partial charge in [-0.3, -0.25) is 0 Å². The summed E-state index contributed by atoms with van der Waals surface area (Å²) in [7, 11) is 0. The lowest BCUT2D eigenvalue weighted by Gasteiger charge is -2.27. The fraction of sp³-hybridized carbons (Fsp3) is 0.259. The second kappa shape index (κ2) is 11.6. The lowest BCUT2D eigenvalue weighted by atomic mass is 9.96. The number of pyridine rings is 1. The summed E-state index contributed by atoms with van der Waals surface area (Å²) in [4.78, 5) is 14.6. The van der Waals surface area contributed by atoms with Crippen LogP contribution in [0, 0.1) is 12.7 Å². The summed E-state index contributed by atoms with van der Waals surface area (Å²) in [6.07, 6.45) is 7.97. The van der Waals surface area contributed by atoms with E-state index in [-0.39, 0.29) is 17.5 Å². The van der Waals surface area contributed by atoms with Crippen LogP contribution in [-0.2, 0) is 4.74 Å². The summed E-state index contributed by atoms with van der Waals surface area (Å²) in [5.74, 6) is 0.187. The van der Waals surface area contributed by atoms with Gasteiger partial charge in [-0.15, -0.1) is 0 Å². The van der Waals surface area contributed by atoms with Gasteiger partial charge in [0.15, 0.2) is 11.6 Å². The molecule has 9 nitrogen and oxygen atoms in total. The highest BCUT2D eigenvalue weighted by atomic mass is 35.5. The normalized spacial score (nSPS) is 15.8. The molecule has 0 spiro atoms. The minimum Gasteiger partial charge on any atom is -0.508 e. The summed E-state index contributed by atoms with van der Waals surface area (Å²) < 4.78 is 19.5. The minimum absolute atomic E-state index is 0.186. The van der Waals surface area contributed by atoms with Crippen LogP contribution >= 0.6 is 11.6 Å². The molecular weight excluding hydrogens is 509 g/mol. The third-order valence-corrected chi connectivity index (χ3v) is 6.39. The van der Waals surface area contributed by atoms with Gasteiger partial charge < -0.3 is 20.1 Å². The summed E-state index contributed by atoms with van der Waals surface area (Å²) in [5.41, 5.74) is 7.46. The Balaban J connectivity index is 1.26. The van der Waals surface area contributed by atoms with Crippen LogP contribution in [0.5, 0.6) is 0 Å². The molecule has 0 saturated carbocycles. The summed E-state index contributed by atoms with van der Waals surface area (Å²) in [6, 6.07) is 9.35. The lowest BCUT2D eigenvalue weighted by Crippen LogP contribution is -2.37. The van der Waals surface area contributed by atoms with Crippen molar-refractivity contribution in [1.29, 1.82) is 0 Å². The zero-order chi connectivity index (χ0) is 26.5. The summed E-state index contributed by atoms with van der Waals surface area (Å²) >= 11 is 6.38. The van der Waals surface area contributed by atoms with Gasteiger partial charge in [0.2, 0.25) is 5.95 Å². The van der Waals surface area contributed by atoms with E-state index in [0.29, 0.717) is 37.0 Å². The topological polar surface area (TPSA) is 108 Å². The molecule has 1 fully saturated rings. The number of benzene rings is 1. The molecule has 2 aliphatic rings. The van der Waals surface area contributed by atoms with E-state index >= 15 is 0 Å². The van der Waals surface area contributed by atoms with Gasteiger partial charge in [-0.05, 0) is 61.7 Å². The number of aryl methyl sites for hydroxylation is 1. The number of rotatable bonds is 7. The van der Waals surface area contributed by atoms with Crippen LogP contribution in [-0.4, -0.2) is 52.6 Å². The van der Waals surface area contributed by atoms with E-state index in [0.717, 1.165) is 47.2 Å². The number of aliphatic hydroxyl groups excluding tert-OH is 1. The Hall–Kier alpha value is -4.02. The van der Waals surface area contributed by atoms with Crippen molar-refractivity contribution in [2.75, 3.05) is 41.9 Å². The van der Waals surface area contributed by atoms with Crippen molar-refractivity contribution in [2.45, 2.75) is 19.8 Å². The third-order valence-electron chi connectivity index (χ3n) is 6.18. The maximum absolute atomic E-state index is 14.2. The number of hydrazone groups is 1. The Labute approximate surface area is 224 Å². The Bertz CT molecular complexity index is 1420. The van der Waals surface area contributed by atoms with Gasteiger partial charge in [0.1, 0.15) is 5.76 Å². The van der Waals surface area contributed by atoms with Crippen LogP contribution in [0.25, 0.3) is 5.57 Å². The van der Waals surface area contributed by atoms with Gasteiger partial charge in [-0.1, -0.05) is 17.7 Å². The standard InChI is InChI=1S/C27H27ClFN7O2/c1-17-24(33-21-13-18(12-19(28)14-21)22-4-2-3-5-25(22)37)7-6-20(32-17)15-31-35-27-30-16-23(29)26(34-27)36-8-10-38-11-9-36/h3,5-7,12-16,33,37H,2,4,8-11H2,1H3,(H,30,34,35)/b31-15+. The van der Waals surface area contributed by atoms with Crippen molar-refractivity contribution in [3.05, 3.63) is 82.2 Å². The first-order chi connectivity index (χ1) is 18.5. The first-order valence-electron chi connectivity index (χ1n) is 12.2. The highest BCUT2D eigenvalue weighted by Gasteiger charge is 2.18. The van der Waals surface area contributed by atoms with E-state index in [9.17, 15) is 9.50 Å². The SMILES string of the molecule is Cc1nc(/C=N/Nc2ncc(F)c(N3CCOCC3)n2)ccc1Nc1cc(Cl)cc(C2=C(O)C=CCC2)c1. The Morgan fingerprint density at radius 3 is 2.82 bits per heavy atom. The molecule has 11 heteroatoms. The van der Waals surface area contributed by atoms with Crippen LogP contribution in [0.15, 0.2) is 59.5 Å². The van der Waals surface area contributed by atoms with Crippen molar-refractivity contribution in [1.82, 2.24) is 15.0 Å². The van der Waals surface area contributed by atoms with Crippen molar-refractivity contribution < 1.29 is 14.2 Å². The highest BCUT2D eigenvalue weighted by molar-refractivity contribution is 6.31. The Morgan fingerprint density at radius 1 is 1.18 bits per heavy atom. The molecule has 0 amide bonds. The molecule has 0 bridgehead atoms. The summed E-state index contributed by atoms with van der Waals surface area (Å²) in [5, 5.41) is 18.4. The molecule has 5 rings (SSSR count). The number of nitrogens with one attached hydrogen (secondary N) is 2. The second-order valence-electron chi connectivity index (χ2n) is 8.86. The molecule has 3 heterocycles. The maximum atomic E-state index is 14.2. The zero-order valence-electron chi connectivity index (χ0n) is 20.8. The molecule has 0 atom stereocenters. The van der Waals surface area contributed by atoms with E-state index in [1.165, 1.54) is 0 Å². The number of halogens is 2. The van der Waals surface area contributed by atoms with Crippen LogP contribution in [0.2, 0.25) is 5.02 Å². The van der Waals surface area contributed by atoms with Gasteiger partial charge in [-0.25, -0.2) is 19.8 Å². The molecule has 1 aliphatic carbocycles. The van der Waals surface area contributed by atoms with Gasteiger partial charge in [0, 0.05) is 29.4 Å². The number of anilines is 4. The quantitative estimate of drug-likeness (QED) is 0.264. The molecule has 196 valence electrons. The first kappa shape index (κ1) is 25.6. The van der Waals surface area contributed by atoms with Gasteiger partial charge in [0.05, 0.1) is 42.7 Å². The van der Waals surface area contributed by atoms with Gasteiger partial charge in [-0.2, -0.15) is 10.1 Å². The highest BCUT2D eigenvalue weighted by Crippen LogP contribution is 2.32. The number of ether oxygens (including phenoxy) is 1. The Morgan fingerprint density at radius 2 is 2.03 bits per heavy atom. The number of morpholine rings is 1. The van der Waals surface area contributed by atoms with Gasteiger partial charge in [0.25, 0.3) is 0 Å². The average molecular weight is 536 g/mol. The average Bonchev–Trinajstić information content (AvgIpc) is 2.91. The summed E-state index contributed by atoms with van der Waals surface area (Å²) in [6.45, 7) is 4.06. The third kappa shape index (κ3) is 6.09. The van der Waals surface area contributed by atoms with Crippen LogP contribution in [0.1, 0.15) is 29.8 Å². The van der Waals surface area contributed by atoms with Crippen LogP contribution < -0.4 is 15.6 Å². The molecule has 2 aromatic heterocycles. The number of aromatic nitrogens is 3. The number of allylic oxidation sites excluding steroid dienone is 3. The molecule has 1 aliphatic heterocycles. The van der Waals surface area contributed by atoms with Crippen LogP contribution in [0.3, 0.4) is 0 Å². The Kier molecular flexibility index (Phi) is 7.81. The van der Waals surface area contributed by atoms with Gasteiger partial charge >= 0.3 is 0 Å². The maximum Gasteiger partial charge on any atom is 0.245 e. The molecule has 1 aromatic carbocycles. The number of hydrogen-bond acceptors (Lipinski definition) is 9. The van der Waals surface area contributed by atoms with Crippen LogP contribution in [0.4, 0.5) is 27.5 Å². The molecular formula is C27H27ClFN7O2. The predicted octanol–water partition coefficient (Wildman–Crippen LogP) is 5.62. The second-order valence-corrected chi connectivity index (χ2v) is 9.30. The van der Waals surface area contributed by atoms with E-state index < -0.39 is 5.82 Å². The smallest absolute Gasteiger partial charge is 0.245 e. The van der Waals surface area contributed by atoms with E-state index in [1.807, 2.05) is 48.2 Å². The number of hydrogen-bond donors (Lipinski definition) is 3. The van der Waals surface area contributed by atoms with Crippen molar-refractivity contribution >= 4 is 46.5 Å². The molecule has 3 N–H and O–H groups in total. The predicted molar refractivity (Wildman–Crippen MR) is 148 cm³/mol. The molecule has 38 heavy (non-hydrogen) atoms. The first-order valence-corrected chi connectivity index (χ1v) is 12.6.